The summed E-state index contributed by atoms with van der Waals surface area (Å²) in [4.78, 5) is 13.0. The zero-order valence-electron chi connectivity index (χ0n) is 14.2. The summed E-state index contributed by atoms with van der Waals surface area (Å²) in [5.41, 5.74) is 0. The zero-order valence-corrected chi connectivity index (χ0v) is 15.0. The monoisotopic (exact) mass is 346 g/mol. The molecular weight excluding hydrogens is 316 g/mol. The van der Waals surface area contributed by atoms with Crippen molar-refractivity contribution < 1.29 is 18.3 Å². The first kappa shape index (κ1) is 18.7. The second-order valence-electron chi connectivity index (χ2n) is 7.07. The first-order chi connectivity index (χ1) is 10.9. The standard InChI is InChI=1S/C16H30N2O4S/c1-3-5-15(4-2)23(21,22)17-13-8-14(9-13)18(11-16(19)20)10-12-6-7-12/h12-15,17H,3-11H2,1-2H3,(H,19,20). The molecule has 0 aromatic heterocycles. The molecule has 1 atom stereocenters. The maximum absolute atomic E-state index is 12.4. The second kappa shape index (κ2) is 7.94. The van der Waals surface area contributed by atoms with Crippen LogP contribution < -0.4 is 4.72 Å². The van der Waals surface area contributed by atoms with Gasteiger partial charge in [-0.1, -0.05) is 20.3 Å². The number of nitrogens with zero attached hydrogens (tertiary/aromatic N) is 1. The molecule has 0 amide bonds. The Hall–Kier alpha value is -0.660. The highest BCUT2D eigenvalue weighted by molar-refractivity contribution is 7.90. The molecule has 134 valence electrons. The van der Waals surface area contributed by atoms with Gasteiger partial charge in [0, 0.05) is 18.6 Å². The lowest BCUT2D eigenvalue weighted by molar-refractivity contribution is -0.139. The van der Waals surface area contributed by atoms with Crippen LogP contribution in [0.15, 0.2) is 0 Å². The van der Waals surface area contributed by atoms with Crippen LogP contribution in [0.4, 0.5) is 0 Å². The molecule has 0 aliphatic heterocycles. The topological polar surface area (TPSA) is 86.7 Å². The molecule has 0 spiro atoms. The van der Waals surface area contributed by atoms with Gasteiger partial charge in [0.2, 0.25) is 10.0 Å². The summed E-state index contributed by atoms with van der Waals surface area (Å²) < 4.78 is 27.6. The molecular formula is C16H30N2O4S. The highest BCUT2D eigenvalue weighted by Crippen LogP contribution is 2.34. The third kappa shape index (κ3) is 5.43. The predicted molar refractivity (Wildman–Crippen MR) is 89.8 cm³/mol. The second-order valence-corrected chi connectivity index (χ2v) is 9.06. The number of hydrogen-bond donors (Lipinski definition) is 2. The first-order valence-corrected chi connectivity index (χ1v) is 10.4. The summed E-state index contributed by atoms with van der Waals surface area (Å²) in [6.07, 6.45) is 6.01. The molecule has 0 aromatic carbocycles. The molecule has 0 bridgehead atoms. The summed E-state index contributed by atoms with van der Waals surface area (Å²) in [6.45, 7) is 4.81. The van der Waals surface area contributed by atoms with Gasteiger partial charge in [-0.3, -0.25) is 9.69 Å². The van der Waals surface area contributed by atoms with Gasteiger partial charge in [-0.05, 0) is 44.4 Å². The van der Waals surface area contributed by atoms with Gasteiger partial charge in [-0.2, -0.15) is 0 Å². The van der Waals surface area contributed by atoms with Crippen LogP contribution in [0.3, 0.4) is 0 Å². The maximum Gasteiger partial charge on any atom is 0.317 e. The van der Waals surface area contributed by atoms with Crippen molar-refractivity contribution in [1.82, 2.24) is 9.62 Å². The van der Waals surface area contributed by atoms with Crippen molar-refractivity contribution in [3.8, 4) is 0 Å². The van der Waals surface area contributed by atoms with Crippen molar-refractivity contribution in [3.05, 3.63) is 0 Å². The van der Waals surface area contributed by atoms with Crippen LogP contribution in [0.2, 0.25) is 0 Å². The molecule has 23 heavy (non-hydrogen) atoms. The Morgan fingerprint density at radius 2 is 1.96 bits per heavy atom. The van der Waals surface area contributed by atoms with Crippen LogP contribution in [0, 0.1) is 5.92 Å². The minimum absolute atomic E-state index is 0.0357. The SMILES string of the molecule is CCCC(CC)S(=O)(=O)NC1CC(N(CC(=O)O)CC2CC2)C1. The van der Waals surface area contributed by atoms with Crippen molar-refractivity contribution in [2.24, 2.45) is 5.92 Å². The molecule has 7 heteroatoms. The maximum atomic E-state index is 12.4. The van der Waals surface area contributed by atoms with Gasteiger partial charge >= 0.3 is 5.97 Å². The number of hydrogen-bond acceptors (Lipinski definition) is 4. The minimum atomic E-state index is -3.26. The summed E-state index contributed by atoms with van der Waals surface area (Å²) in [7, 11) is -3.26. The Labute approximate surface area is 139 Å². The van der Waals surface area contributed by atoms with E-state index in [1.807, 2.05) is 18.7 Å². The Morgan fingerprint density at radius 1 is 1.30 bits per heavy atom. The van der Waals surface area contributed by atoms with E-state index in [1.54, 1.807) is 0 Å². The number of sulfonamides is 1. The van der Waals surface area contributed by atoms with Gasteiger partial charge in [0.25, 0.3) is 0 Å². The van der Waals surface area contributed by atoms with E-state index in [9.17, 15) is 13.2 Å². The average molecular weight is 346 g/mol. The predicted octanol–water partition coefficient (Wildman–Crippen LogP) is 1.81. The number of carboxylic acids is 1. The average Bonchev–Trinajstić information content (AvgIpc) is 3.22. The Bertz CT molecular complexity index is 498. The molecule has 2 aliphatic carbocycles. The summed E-state index contributed by atoms with van der Waals surface area (Å²) in [5.74, 6) is -0.164. The normalized spacial score (nSPS) is 26.0. The molecule has 2 aliphatic rings. The van der Waals surface area contributed by atoms with E-state index in [4.69, 9.17) is 5.11 Å². The van der Waals surface area contributed by atoms with Gasteiger partial charge in [-0.25, -0.2) is 13.1 Å². The lowest BCUT2D eigenvalue weighted by Crippen LogP contribution is -2.56. The molecule has 0 aromatic rings. The van der Waals surface area contributed by atoms with Crippen LogP contribution >= 0.6 is 0 Å². The van der Waals surface area contributed by atoms with E-state index < -0.39 is 16.0 Å². The van der Waals surface area contributed by atoms with Gasteiger partial charge in [0.15, 0.2) is 0 Å². The van der Waals surface area contributed by atoms with E-state index in [0.29, 0.717) is 18.8 Å². The van der Waals surface area contributed by atoms with E-state index in [1.165, 1.54) is 12.8 Å². The Balaban J connectivity index is 1.83. The van der Waals surface area contributed by atoms with E-state index in [2.05, 4.69) is 4.72 Å². The van der Waals surface area contributed by atoms with Crippen molar-refractivity contribution in [2.45, 2.75) is 76.1 Å². The zero-order chi connectivity index (χ0) is 17.0. The van der Waals surface area contributed by atoms with Crippen molar-refractivity contribution in [3.63, 3.8) is 0 Å². The first-order valence-electron chi connectivity index (χ1n) is 8.82. The van der Waals surface area contributed by atoms with Crippen LogP contribution in [-0.2, 0) is 14.8 Å². The molecule has 0 saturated heterocycles. The number of aliphatic carboxylic acids is 1. The minimum Gasteiger partial charge on any atom is -0.480 e. The Kier molecular flexibility index (Phi) is 6.45. The van der Waals surface area contributed by atoms with Crippen LogP contribution in [0.5, 0.6) is 0 Å². The number of rotatable bonds is 11. The molecule has 2 N–H and O–H groups in total. The fourth-order valence-electron chi connectivity index (χ4n) is 3.36. The van der Waals surface area contributed by atoms with E-state index in [-0.39, 0.29) is 23.9 Å². The molecule has 0 radical (unpaired) electrons. The van der Waals surface area contributed by atoms with Crippen molar-refractivity contribution >= 4 is 16.0 Å². The molecule has 2 fully saturated rings. The largest absolute Gasteiger partial charge is 0.480 e. The lowest BCUT2D eigenvalue weighted by Gasteiger charge is -2.43. The molecule has 0 heterocycles. The lowest BCUT2D eigenvalue weighted by atomic mass is 9.86. The summed E-state index contributed by atoms with van der Waals surface area (Å²) >= 11 is 0. The molecule has 2 rings (SSSR count). The number of nitrogens with one attached hydrogen (secondary N) is 1. The van der Waals surface area contributed by atoms with Gasteiger partial charge in [0.1, 0.15) is 0 Å². The van der Waals surface area contributed by atoms with Crippen LogP contribution in [0.25, 0.3) is 0 Å². The fourth-order valence-corrected chi connectivity index (χ4v) is 5.19. The number of carboxylic acid groups (broad SMARTS) is 1. The van der Waals surface area contributed by atoms with E-state index in [0.717, 1.165) is 25.8 Å². The smallest absolute Gasteiger partial charge is 0.317 e. The fraction of sp³-hybridized carbons (Fsp3) is 0.938. The molecule has 6 nitrogen and oxygen atoms in total. The summed E-state index contributed by atoms with van der Waals surface area (Å²) in [6, 6.07) is 0.164. The van der Waals surface area contributed by atoms with Gasteiger partial charge < -0.3 is 5.11 Å². The highest BCUT2D eigenvalue weighted by atomic mass is 32.2. The number of carbonyl (C=O) groups is 1. The summed E-state index contributed by atoms with van der Waals surface area (Å²) in [5, 5.41) is 8.74. The highest BCUT2D eigenvalue weighted by Gasteiger charge is 2.39. The quantitative estimate of drug-likeness (QED) is 0.596. The van der Waals surface area contributed by atoms with Crippen LogP contribution in [-0.4, -0.2) is 54.8 Å². The molecule has 1 unspecified atom stereocenters. The van der Waals surface area contributed by atoms with Gasteiger partial charge in [0.05, 0.1) is 11.8 Å². The Morgan fingerprint density at radius 3 is 2.43 bits per heavy atom. The van der Waals surface area contributed by atoms with E-state index >= 15 is 0 Å². The van der Waals surface area contributed by atoms with Gasteiger partial charge in [-0.15, -0.1) is 0 Å². The van der Waals surface area contributed by atoms with Crippen molar-refractivity contribution in [1.29, 1.82) is 0 Å². The third-order valence-electron chi connectivity index (χ3n) is 4.99. The molecule has 2 saturated carbocycles. The third-order valence-corrected chi connectivity index (χ3v) is 7.10. The van der Waals surface area contributed by atoms with Crippen LogP contribution in [0.1, 0.15) is 58.8 Å². The van der Waals surface area contributed by atoms with Crippen molar-refractivity contribution in [2.75, 3.05) is 13.1 Å².